The summed E-state index contributed by atoms with van der Waals surface area (Å²) in [5.41, 5.74) is 0.921. The Labute approximate surface area is 160 Å². The van der Waals surface area contributed by atoms with Gasteiger partial charge in [0.25, 0.3) is 5.91 Å². The number of amides is 1. The van der Waals surface area contributed by atoms with Gasteiger partial charge in [0.1, 0.15) is 11.6 Å². The molecule has 2 aromatic rings. The maximum Gasteiger partial charge on any atom is 0.417 e. The number of benzene rings is 1. The number of ether oxygens (including phenoxy) is 1. The second-order valence-corrected chi connectivity index (χ2v) is 7.06. The molecule has 4 rings (SSSR count). The predicted molar refractivity (Wildman–Crippen MR) is 97.6 cm³/mol. The Morgan fingerprint density at radius 3 is 2.64 bits per heavy atom. The average Bonchev–Trinajstić information content (AvgIpc) is 3.16. The van der Waals surface area contributed by atoms with Gasteiger partial charge in [-0.25, -0.2) is 4.98 Å². The van der Waals surface area contributed by atoms with Crippen LogP contribution in [0.15, 0.2) is 36.5 Å². The molecule has 0 atom stereocenters. The van der Waals surface area contributed by atoms with Crippen molar-refractivity contribution in [3.8, 4) is 5.75 Å². The van der Waals surface area contributed by atoms with Crippen molar-refractivity contribution in [3.05, 3.63) is 53.2 Å². The molecule has 148 valence electrons. The Kier molecular flexibility index (Phi) is 4.87. The van der Waals surface area contributed by atoms with Crippen LogP contribution in [0, 0.1) is 0 Å². The van der Waals surface area contributed by atoms with Crippen LogP contribution in [-0.4, -0.2) is 36.6 Å². The first-order valence-electron chi connectivity index (χ1n) is 9.25. The van der Waals surface area contributed by atoms with Gasteiger partial charge in [-0.3, -0.25) is 4.79 Å². The number of carbonyl (C=O) groups is 1. The maximum absolute atomic E-state index is 12.6. The molecule has 0 saturated carbocycles. The second kappa shape index (κ2) is 7.33. The van der Waals surface area contributed by atoms with Crippen molar-refractivity contribution in [2.75, 3.05) is 24.6 Å². The monoisotopic (exact) mass is 391 g/mol. The first kappa shape index (κ1) is 18.6. The minimum absolute atomic E-state index is 0.0303. The lowest BCUT2D eigenvalue weighted by molar-refractivity contribution is -0.137. The highest BCUT2D eigenvalue weighted by Gasteiger charge is 2.31. The molecule has 3 heterocycles. The highest BCUT2D eigenvalue weighted by atomic mass is 19.4. The lowest BCUT2D eigenvalue weighted by Crippen LogP contribution is -2.45. The highest BCUT2D eigenvalue weighted by Crippen LogP contribution is 2.30. The van der Waals surface area contributed by atoms with Crippen LogP contribution in [0.2, 0.25) is 0 Å². The summed E-state index contributed by atoms with van der Waals surface area (Å²) in [6.45, 7) is 1.90. The first-order chi connectivity index (χ1) is 13.4. The van der Waals surface area contributed by atoms with Crippen molar-refractivity contribution >= 4 is 11.7 Å². The van der Waals surface area contributed by atoms with E-state index in [0.717, 1.165) is 30.0 Å². The number of fused-ring (bicyclic) bond motifs is 1. The van der Waals surface area contributed by atoms with Crippen LogP contribution in [0.3, 0.4) is 0 Å². The summed E-state index contributed by atoms with van der Waals surface area (Å²) in [4.78, 5) is 18.4. The van der Waals surface area contributed by atoms with Gasteiger partial charge in [-0.1, -0.05) is 0 Å². The molecule has 1 aromatic heterocycles. The number of hydrogen-bond donors (Lipinski definition) is 1. The zero-order valence-corrected chi connectivity index (χ0v) is 15.1. The number of hydrogen-bond acceptors (Lipinski definition) is 4. The minimum Gasteiger partial charge on any atom is -0.493 e. The Morgan fingerprint density at radius 1 is 1.18 bits per heavy atom. The van der Waals surface area contributed by atoms with Crippen LogP contribution >= 0.6 is 0 Å². The van der Waals surface area contributed by atoms with Crippen molar-refractivity contribution in [2.24, 2.45) is 0 Å². The molecule has 1 aromatic carbocycles. The van der Waals surface area contributed by atoms with E-state index in [0.29, 0.717) is 43.9 Å². The predicted octanol–water partition coefficient (Wildman–Crippen LogP) is 3.43. The van der Waals surface area contributed by atoms with E-state index in [1.165, 1.54) is 6.07 Å². The third-order valence-corrected chi connectivity index (χ3v) is 5.18. The number of rotatable bonds is 3. The summed E-state index contributed by atoms with van der Waals surface area (Å²) in [6.07, 6.45) is -1.28. The molecule has 2 aliphatic heterocycles. The summed E-state index contributed by atoms with van der Waals surface area (Å²) >= 11 is 0. The second-order valence-electron chi connectivity index (χ2n) is 7.06. The maximum atomic E-state index is 12.6. The van der Waals surface area contributed by atoms with Crippen LogP contribution < -0.4 is 15.0 Å². The quantitative estimate of drug-likeness (QED) is 0.871. The Morgan fingerprint density at radius 2 is 1.96 bits per heavy atom. The van der Waals surface area contributed by atoms with Gasteiger partial charge in [0.2, 0.25) is 0 Å². The molecule has 5 nitrogen and oxygen atoms in total. The highest BCUT2D eigenvalue weighted by molar-refractivity contribution is 5.94. The van der Waals surface area contributed by atoms with E-state index >= 15 is 0 Å². The molecule has 28 heavy (non-hydrogen) atoms. The third kappa shape index (κ3) is 3.90. The average molecular weight is 391 g/mol. The number of halogens is 3. The number of nitrogens with zero attached hydrogens (tertiary/aromatic N) is 2. The minimum atomic E-state index is -4.38. The van der Waals surface area contributed by atoms with Crippen molar-refractivity contribution in [2.45, 2.75) is 31.5 Å². The van der Waals surface area contributed by atoms with E-state index in [4.69, 9.17) is 4.74 Å². The molecule has 0 radical (unpaired) electrons. The van der Waals surface area contributed by atoms with Crippen molar-refractivity contribution in [1.29, 1.82) is 0 Å². The van der Waals surface area contributed by atoms with E-state index in [1.807, 2.05) is 17.0 Å². The summed E-state index contributed by atoms with van der Waals surface area (Å²) in [5.74, 6) is 1.26. The third-order valence-electron chi connectivity index (χ3n) is 5.18. The fourth-order valence-electron chi connectivity index (χ4n) is 3.59. The van der Waals surface area contributed by atoms with Gasteiger partial charge < -0.3 is 15.0 Å². The summed E-state index contributed by atoms with van der Waals surface area (Å²) in [6, 6.07) is 7.94. The van der Waals surface area contributed by atoms with Gasteiger partial charge in [0.05, 0.1) is 12.2 Å². The Bertz CT molecular complexity index is 860. The topological polar surface area (TPSA) is 54.5 Å². The smallest absolute Gasteiger partial charge is 0.417 e. The number of piperidine rings is 1. The van der Waals surface area contributed by atoms with Crippen LogP contribution in [0.25, 0.3) is 0 Å². The van der Waals surface area contributed by atoms with E-state index in [2.05, 4.69) is 10.3 Å². The van der Waals surface area contributed by atoms with Gasteiger partial charge in [-0.2, -0.15) is 13.2 Å². The molecule has 1 saturated heterocycles. The molecule has 8 heteroatoms. The zero-order valence-electron chi connectivity index (χ0n) is 15.1. The van der Waals surface area contributed by atoms with E-state index in [-0.39, 0.29) is 11.9 Å². The summed E-state index contributed by atoms with van der Waals surface area (Å²) in [5, 5.41) is 3.05. The Hall–Kier alpha value is -2.77. The van der Waals surface area contributed by atoms with Gasteiger partial charge in [-0.05, 0) is 48.7 Å². The number of aromatic nitrogens is 1. The molecular weight excluding hydrogens is 371 g/mol. The van der Waals surface area contributed by atoms with Gasteiger partial charge >= 0.3 is 6.18 Å². The van der Waals surface area contributed by atoms with E-state index in [9.17, 15) is 18.0 Å². The molecule has 1 fully saturated rings. The Balaban J connectivity index is 1.32. The van der Waals surface area contributed by atoms with Crippen molar-refractivity contribution in [3.63, 3.8) is 0 Å². The van der Waals surface area contributed by atoms with Crippen LogP contribution in [0.1, 0.15) is 34.3 Å². The normalized spacial score (nSPS) is 17.2. The number of alkyl halides is 3. The fourth-order valence-corrected chi connectivity index (χ4v) is 3.59. The van der Waals surface area contributed by atoms with Gasteiger partial charge in [-0.15, -0.1) is 0 Å². The molecule has 0 unspecified atom stereocenters. The largest absolute Gasteiger partial charge is 0.493 e. The molecule has 1 amide bonds. The van der Waals surface area contributed by atoms with Crippen LogP contribution in [0.4, 0.5) is 19.0 Å². The molecule has 0 aliphatic carbocycles. The number of carbonyl (C=O) groups excluding carboxylic acids is 1. The fraction of sp³-hybridized carbons (Fsp3) is 0.400. The van der Waals surface area contributed by atoms with Gasteiger partial charge in [0.15, 0.2) is 0 Å². The number of nitrogens with one attached hydrogen (secondary N) is 1. The van der Waals surface area contributed by atoms with E-state index < -0.39 is 11.7 Å². The SMILES string of the molecule is O=C(NC1CCN(c2ccc(C(F)(F)F)cn2)CC1)c1ccc2c(c1)CCO2. The van der Waals surface area contributed by atoms with Gasteiger partial charge in [0, 0.05) is 37.3 Å². The molecule has 1 N–H and O–H groups in total. The summed E-state index contributed by atoms with van der Waals surface area (Å²) < 4.78 is 43.4. The molecule has 0 bridgehead atoms. The van der Waals surface area contributed by atoms with E-state index in [1.54, 1.807) is 6.07 Å². The number of anilines is 1. The van der Waals surface area contributed by atoms with Crippen molar-refractivity contribution in [1.82, 2.24) is 10.3 Å². The lowest BCUT2D eigenvalue weighted by Gasteiger charge is -2.33. The van der Waals surface area contributed by atoms with Crippen molar-refractivity contribution < 1.29 is 22.7 Å². The first-order valence-corrected chi connectivity index (χ1v) is 9.25. The van der Waals surface area contributed by atoms with Crippen LogP contribution in [-0.2, 0) is 12.6 Å². The lowest BCUT2D eigenvalue weighted by atomic mass is 10.0. The standard InChI is InChI=1S/C20H20F3N3O2/c21-20(22,23)15-2-4-18(24-12-15)26-8-5-16(6-9-26)25-19(27)14-1-3-17-13(11-14)7-10-28-17/h1-4,11-12,16H,5-10H2,(H,25,27). The zero-order chi connectivity index (χ0) is 19.7. The molecule has 2 aliphatic rings. The molecule has 0 spiro atoms. The summed E-state index contributed by atoms with van der Waals surface area (Å²) in [7, 11) is 0. The molecular formula is C20H20F3N3O2. The number of pyridine rings is 1. The van der Waals surface area contributed by atoms with Crippen LogP contribution in [0.5, 0.6) is 5.75 Å².